The summed E-state index contributed by atoms with van der Waals surface area (Å²) in [7, 11) is 3.18. The first-order chi connectivity index (χ1) is 14.2. The van der Waals surface area contributed by atoms with Gasteiger partial charge in [0.25, 0.3) is 0 Å². The highest BCUT2D eigenvalue weighted by atomic mass is 32.1. The first-order valence-corrected chi connectivity index (χ1v) is 10.3. The SMILES string of the molecule is CNC(=O)Cc1csc(NC(=O)/C=C(\C)c2cc3c(C)c(C)oc3c(C)c2OC)n1. The lowest BCUT2D eigenvalue weighted by Crippen LogP contribution is -2.20. The number of rotatable bonds is 6. The molecular formula is C22H25N3O4S. The fourth-order valence-electron chi connectivity index (χ4n) is 3.28. The van der Waals surface area contributed by atoms with Gasteiger partial charge in [0.05, 0.1) is 19.2 Å². The minimum absolute atomic E-state index is 0.128. The van der Waals surface area contributed by atoms with Gasteiger partial charge in [0.2, 0.25) is 11.8 Å². The average molecular weight is 428 g/mol. The summed E-state index contributed by atoms with van der Waals surface area (Å²) in [6.07, 6.45) is 1.70. The second kappa shape index (κ2) is 8.71. The molecule has 7 nitrogen and oxygen atoms in total. The maximum Gasteiger partial charge on any atom is 0.250 e. The molecule has 2 aromatic heterocycles. The van der Waals surface area contributed by atoms with E-state index >= 15 is 0 Å². The van der Waals surface area contributed by atoms with Gasteiger partial charge in [0.1, 0.15) is 17.1 Å². The quantitative estimate of drug-likeness (QED) is 0.577. The molecule has 2 heterocycles. The fourth-order valence-corrected chi connectivity index (χ4v) is 4.00. The highest BCUT2D eigenvalue weighted by molar-refractivity contribution is 7.14. The molecule has 0 fully saturated rings. The Bertz CT molecular complexity index is 1160. The van der Waals surface area contributed by atoms with Crippen molar-refractivity contribution in [2.24, 2.45) is 0 Å². The highest BCUT2D eigenvalue weighted by Crippen LogP contribution is 2.38. The summed E-state index contributed by atoms with van der Waals surface area (Å²) < 4.78 is 11.5. The number of thiazole rings is 1. The van der Waals surface area contributed by atoms with Crippen LogP contribution in [0.5, 0.6) is 5.75 Å². The second-order valence-corrected chi connectivity index (χ2v) is 7.91. The van der Waals surface area contributed by atoms with E-state index in [0.29, 0.717) is 16.6 Å². The predicted octanol–water partition coefficient (Wildman–Crippen LogP) is 4.15. The van der Waals surface area contributed by atoms with Crippen molar-refractivity contribution in [2.45, 2.75) is 34.1 Å². The van der Waals surface area contributed by atoms with Gasteiger partial charge in [0.15, 0.2) is 5.13 Å². The number of aromatic nitrogens is 1. The molecular weight excluding hydrogens is 402 g/mol. The summed E-state index contributed by atoms with van der Waals surface area (Å²) >= 11 is 1.28. The number of aryl methyl sites for hydroxylation is 3. The van der Waals surface area contributed by atoms with Gasteiger partial charge in [-0.2, -0.15) is 0 Å². The summed E-state index contributed by atoms with van der Waals surface area (Å²) in [4.78, 5) is 28.3. The normalized spacial score (nSPS) is 11.6. The topological polar surface area (TPSA) is 93.5 Å². The molecule has 0 radical (unpaired) electrons. The molecule has 0 bridgehead atoms. The number of allylic oxidation sites excluding steroid dienone is 1. The van der Waals surface area contributed by atoms with Crippen LogP contribution in [0.15, 0.2) is 21.9 Å². The highest BCUT2D eigenvalue weighted by Gasteiger charge is 2.18. The molecule has 30 heavy (non-hydrogen) atoms. The molecule has 0 unspecified atom stereocenters. The molecule has 2 amide bonds. The number of hydrogen-bond acceptors (Lipinski definition) is 6. The smallest absolute Gasteiger partial charge is 0.250 e. The number of nitrogens with one attached hydrogen (secondary N) is 2. The Hall–Kier alpha value is -3.13. The number of anilines is 1. The first kappa shape index (κ1) is 21.6. The van der Waals surface area contributed by atoms with Crippen LogP contribution in [0.3, 0.4) is 0 Å². The molecule has 3 aromatic rings. The van der Waals surface area contributed by atoms with Crippen LogP contribution >= 0.6 is 11.3 Å². The summed E-state index contributed by atoms with van der Waals surface area (Å²) in [5.41, 5.74) is 4.97. The summed E-state index contributed by atoms with van der Waals surface area (Å²) in [6.45, 7) is 7.76. The Morgan fingerprint density at radius 3 is 2.67 bits per heavy atom. The summed E-state index contributed by atoms with van der Waals surface area (Å²) in [6, 6.07) is 2.00. The zero-order valence-electron chi connectivity index (χ0n) is 17.9. The van der Waals surface area contributed by atoms with Gasteiger partial charge in [-0.1, -0.05) is 0 Å². The van der Waals surface area contributed by atoms with Crippen molar-refractivity contribution >= 4 is 44.8 Å². The number of carbonyl (C=O) groups excluding carboxylic acids is 2. The van der Waals surface area contributed by atoms with Crippen molar-refractivity contribution in [1.82, 2.24) is 10.3 Å². The van der Waals surface area contributed by atoms with Crippen LogP contribution in [0.25, 0.3) is 16.5 Å². The van der Waals surface area contributed by atoms with E-state index in [1.807, 2.05) is 33.8 Å². The third-order valence-electron chi connectivity index (χ3n) is 5.03. The summed E-state index contributed by atoms with van der Waals surface area (Å²) in [5.74, 6) is 1.12. The average Bonchev–Trinajstić information content (AvgIpc) is 3.25. The standard InChI is InChI=1S/C22H25N3O4S/c1-11(7-19(27)25-22-24-15(10-30-22)8-18(26)23-5)16-9-17-12(2)14(4)29-21(17)13(3)20(16)28-6/h7,9-10H,8H2,1-6H3,(H,23,26)(H,24,25,27)/b11-7+. The van der Waals surface area contributed by atoms with Crippen LogP contribution < -0.4 is 15.4 Å². The van der Waals surface area contributed by atoms with Crippen molar-refractivity contribution in [3.63, 3.8) is 0 Å². The largest absolute Gasteiger partial charge is 0.496 e. The number of fused-ring (bicyclic) bond motifs is 1. The molecule has 0 saturated heterocycles. The molecule has 8 heteroatoms. The molecule has 0 aliphatic heterocycles. The Morgan fingerprint density at radius 2 is 2.00 bits per heavy atom. The van der Waals surface area contributed by atoms with Gasteiger partial charge >= 0.3 is 0 Å². The van der Waals surface area contributed by atoms with Crippen molar-refractivity contribution in [1.29, 1.82) is 0 Å². The van der Waals surface area contributed by atoms with Crippen molar-refractivity contribution in [3.05, 3.63) is 45.7 Å². The van der Waals surface area contributed by atoms with E-state index in [0.717, 1.165) is 39.0 Å². The number of nitrogens with zero attached hydrogens (tertiary/aromatic N) is 1. The zero-order chi connectivity index (χ0) is 22.0. The molecule has 3 rings (SSSR count). The van der Waals surface area contributed by atoms with E-state index in [4.69, 9.17) is 9.15 Å². The third-order valence-corrected chi connectivity index (χ3v) is 5.83. The molecule has 0 saturated carbocycles. The van der Waals surface area contributed by atoms with E-state index in [2.05, 4.69) is 15.6 Å². The van der Waals surface area contributed by atoms with Crippen LogP contribution in [0.2, 0.25) is 0 Å². The third kappa shape index (κ3) is 4.23. The molecule has 0 aliphatic rings. The molecule has 0 spiro atoms. The van der Waals surface area contributed by atoms with Gasteiger partial charge < -0.3 is 14.5 Å². The van der Waals surface area contributed by atoms with E-state index in [9.17, 15) is 9.59 Å². The minimum atomic E-state index is -0.298. The molecule has 0 aliphatic carbocycles. The number of methoxy groups -OCH3 is 1. The lowest BCUT2D eigenvalue weighted by atomic mass is 9.98. The van der Waals surface area contributed by atoms with Crippen LogP contribution in [0.4, 0.5) is 5.13 Å². The molecule has 0 atom stereocenters. The maximum atomic E-state index is 12.5. The van der Waals surface area contributed by atoms with Gasteiger partial charge in [-0.3, -0.25) is 14.9 Å². The number of furan rings is 1. The van der Waals surface area contributed by atoms with Crippen molar-refractivity contribution < 1.29 is 18.7 Å². The zero-order valence-corrected chi connectivity index (χ0v) is 18.7. The Balaban J connectivity index is 1.87. The van der Waals surface area contributed by atoms with Gasteiger partial charge in [-0.05, 0) is 44.9 Å². The lowest BCUT2D eigenvalue weighted by Gasteiger charge is -2.13. The van der Waals surface area contributed by atoms with Gasteiger partial charge in [-0.15, -0.1) is 11.3 Å². The molecule has 1 aromatic carbocycles. The predicted molar refractivity (Wildman–Crippen MR) is 119 cm³/mol. The van der Waals surface area contributed by atoms with Crippen LogP contribution in [0.1, 0.15) is 35.1 Å². The van der Waals surface area contributed by atoms with E-state index in [1.165, 1.54) is 17.4 Å². The number of benzene rings is 1. The molecule has 158 valence electrons. The first-order valence-electron chi connectivity index (χ1n) is 9.47. The second-order valence-electron chi connectivity index (χ2n) is 7.05. The number of carbonyl (C=O) groups is 2. The Kier molecular flexibility index (Phi) is 6.26. The number of hydrogen-bond donors (Lipinski definition) is 2. The number of amides is 2. The fraction of sp³-hybridized carbons (Fsp3) is 0.318. The van der Waals surface area contributed by atoms with Crippen LogP contribution in [-0.2, 0) is 16.0 Å². The van der Waals surface area contributed by atoms with Crippen molar-refractivity contribution in [3.8, 4) is 5.75 Å². The summed E-state index contributed by atoms with van der Waals surface area (Å²) in [5, 5.41) is 8.52. The monoisotopic (exact) mass is 427 g/mol. The number of likely N-dealkylation sites (N-methyl/N-ethyl adjacent to an activating group) is 1. The number of ether oxygens (including phenoxy) is 1. The van der Waals surface area contributed by atoms with Crippen molar-refractivity contribution in [2.75, 3.05) is 19.5 Å². The Labute approximate surface area is 179 Å². The van der Waals surface area contributed by atoms with Gasteiger partial charge in [-0.25, -0.2) is 4.98 Å². The maximum absolute atomic E-state index is 12.5. The van der Waals surface area contributed by atoms with Gasteiger partial charge in [0, 0.05) is 35.0 Å². The van der Waals surface area contributed by atoms with Crippen LogP contribution in [0, 0.1) is 20.8 Å². The van der Waals surface area contributed by atoms with E-state index < -0.39 is 0 Å². The Morgan fingerprint density at radius 1 is 1.27 bits per heavy atom. The molecule has 2 N–H and O–H groups in total. The minimum Gasteiger partial charge on any atom is -0.496 e. The van der Waals surface area contributed by atoms with Crippen LogP contribution in [-0.4, -0.2) is 31.0 Å². The van der Waals surface area contributed by atoms with E-state index in [-0.39, 0.29) is 18.2 Å². The van der Waals surface area contributed by atoms with E-state index in [1.54, 1.807) is 19.5 Å². The lowest BCUT2D eigenvalue weighted by molar-refractivity contribution is -0.120.